The fourth-order valence-corrected chi connectivity index (χ4v) is 3.20. The zero-order valence-electron chi connectivity index (χ0n) is 14.6. The minimum absolute atomic E-state index is 0.246. The van der Waals surface area contributed by atoms with Crippen LogP contribution in [-0.2, 0) is 0 Å². The molecule has 0 spiro atoms. The highest BCUT2D eigenvalue weighted by Gasteiger charge is 2.15. The summed E-state index contributed by atoms with van der Waals surface area (Å²) in [5.41, 5.74) is 1.08. The first-order chi connectivity index (χ1) is 12.8. The molecule has 136 valence electrons. The third-order valence-corrected chi connectivity index (χ3v) is 4.59. The average Bonchev–Trinajstić information content (AvgIpc) is 2.97. The molecule has 1 fully saturated rings. The van der Waals surface area contributed by atoms with Gasteiger partial charge in [0.2, 0.25) is 5.95 Å². The highest BCUT2D eigenvalue weighted by atomic mass is 16.6. The van der Waals surface area contributed by atoms with Crippen LogP contribution in [0, 0.1) is 0 Å². The van der Waals surface area contributed by atoms with Crippen LogP contribution in [0.2, 0.25) is 0 Å². The van der Waals surface area contributed by atoms with Gasteiger partial charge < -0.3 is 19.7 Å². The van der Waals surface area contributed by atoms with Gasteiger partial charge in [-0.15, -0.1) is 0 Å². The molecule has 7 nitrogen and oxygen atoms in total. The molecule has 1 saturated heterocycles. The summed E-state index contributed by atoms with van der Waals surface area (Å²) >= 11 is 0. The van der Waals surface area contributed by atoms with Gasteiger partial charge in [-0.05, 0) is 25.0 Å². The largest absolute Gasteiger partial charge is 0.486 e. The van der Waals surface area contributed by atoms with E-state index in [1.807, 2.05) is 0 Å². The quantitative estimate of drug-likeness (QED) is 0.913. The number of benzene rings is 1. The van der Waals surface area contributed by atoms with Gasteiger partial charge in [0.25, 0.3) is 5.91 Å². The van der Waals surface area contributed by atoms with E-state index in [4.69, 9.17) is 9.47 Å². The molecule has 3 heterocycles. The van der Waals surface area contributed by atoms with Gasteiger partial charge in [-0.2, -0.15) is 0 Å². The second-order valence-corrected chi connectivity index (χ2v) is 6.49. The van der Waals surface area contributed by atoms with Gasteiger partial charge in [-0.25, -0.2) is 9.97 Å². The maximum absolute atomic E-state index is 12.4. The maximum atomic E-state index is 12.4. The zero-order valence-corrected chi connectivity index (χ0v) is 14.6. The molecule has 26 heavy (non-hydrogen) atoms. The molecule has 2 aromatic rings. The van der Waals surface area contributed by atoms with Crippen LogP contribution in [0.5, 0.6) is 11.5 Å². The van der Waals surface area contributed by atoms with Crippen molar-refractivity contribution in [3.63, 3.8) is 0 Å². The Bertz CT molecular complexity index is 771. The van der Waals surface area contributed by atoms with Gasteiger partial charge in [-0.1, -0.05) is 12.8 Å². The third kappa shape index (κ3) is 3.71. The summed E-state index contributed by atoms with van der Waals surface area (Å²) < 4.78 is 11.0. The number of ether oxygens (including phenoxy) is 2. The Kier molecular flexibility index (Phi) is 4.86. The van der Waals surface area contributed by atoms with E-state index < -0.39 is 0 Å². The molecule has 4 rings (SSSR count). The lowest BCUT2D eigenvalue weighted by Gasteiger charge is -2.20. The number of aromatic nitrogens is 2. The van der Waals surface area contributed by atoms with Gasteiger partial charge in [0.1, 0.15) is 13.2 Å². The molecule has 0 atom stereocenters. The van der Waals surface area contributed by atoms with Crippen LogP contribution in [0.3, 0.4) is 0 Å². The second-order valence-electron chi connectivity index (χ2n) is 6.49. The Hall–Kier alpha value is -2.83. The molecular formula is C19H22N4O3. The van der Waals surface area contributed by atoms with Crippen LogP contribution >= 0.6 is 0 Å². The molecule has 1 aromatic carbocycles. The Balaban J connectivity index is 1.43. The summed E-state index contributed by atoms with van der Waals surface area (Å²) in [5.74, 6) is 1.79. The van der Waals surface area contributed by atoms with E-state index in [2.05, 4.69) is 20.2 Å². The lowest BCUT2D eigenvalue weighted by molar-refractivity contribution is 0.102. The van der Waals surface area contributed by atoms with Crippen molar-refractivity contribution in [2.75, 3.05) is 36.5 Å². The van der Waals surface area contributed by atoms with Gasteiger partial charge in [0.15, 0.2) is 11.5 Å². The lowest BCUT2D eigenvalue weighted by Crippen LogP contribution is -2.26. The zero-order chi connectivity index (χ0) is 17.8. The highest BCUT2D eigenvalue weighted by Crippen LogP contribution is 2.32. The Labute approximate surface area is 152 Å². The summed E-state index contributed by atoms with van der Waals surface area (Å²) in [6.07, 6.45) is 8.01. The van der Waals surface area contributed by atoms with E-state index in [0.29, 0.717) is 41.9 Å². The normalized spacial score (nSPS) is 16.7. The van der Waals surface area contributed by atoms with Gasteiger partial charge in [0.05, 0.1) is 5.56 Å². The van der Waals surface area contributed by atoms with Gasteiger partial charge >= 0.3 is 0 Å². The number of carbonyl (C=O) groups excluding carboxylic acids is 1. The fourth-order valence-electron chi connectivity index (χ4n) is 3.20. The number of nitrogens with one attached hydrogen (secondary N) is 1. The van der Waals surface area contributed by atoms with Gasteiger partial charge in [0, 0.05) is 37.2 Å². The number of fused-ring (bicyclic) bond motifs is 1. The van der Waals surface area contributed by atoms with E-state index in [-0.39, 0.29) is 5.91 Å². The predicted molar refractivity (Wildman–Crippen MR) is 98.1 cm³/mol. The Morgan fingerprint density at radius 2 is 1.65 bits per heavy atom. The number of amides is 1. The molecule has 2 aliphatic heterocycles. The molecule has 2 aliphatic rings. The minimum Gasteiger partial charge on any atom is -0.486 e. The first-order valence-corrected chi connectivity index (χ1v) is 9.07. The summed E-state index contributed by atoms with van der Waals surface area (Å²) in [7, 11) is 0. The minimum atomic E-state index is -0.246. The molecule has 1 N–H and O–H groups in total. The average molecular weight is 354 g/mol. The molecular weight excluding hydrogens is 332 g/mol. The van der Waals surface area contributed by atoms with Crippen LogP contribution in [-0.4, -0.2) is 42.2 Å². The van der Waals surface area contributed by atoms with Gasteiger partial charge in [-0.3, -0.25) is 4.79 Å². The van der Waals surface area contributed by atoms with Crippen molar-refractivity contribution in [2.45, 2.75) is 25.7 Å². The lowest BCUT2D eigenvalue weighted by atomic mass is 10.2. The molecule has 0 saturated carbocycles. The van der Waals surface area contributed by atoms with Crippen molar-refractivity contribution in [1.82, 2.24) is 9.97 Å². The summed E-state index contributed by atoms with van der Waals surface area (Å²) in [6.45, 7) is 3.00. The van der Waals surface area contributed by atoms with Crippen LogP contribution < -0.4 is 19.7 Å². The number of hydrogen-bond acceptors (Lipinski definition) is 6. The van der Waals surface area contributed by atoms with Crippen LogP contribution in [0.15, 0.2) is 30.6 Å². The van der Waals surface area contributed by atoms with Crippen LogP contribution in [0.1, 0.15) is 36.0 Å². The number of anilines is 2. The van der Waals surface area contributed by atoms with Crippen molar-refractivity contribution in [3.8, 4) is 11.5 Å². The molecule has 7 heteroatoms. The summed E-state index contributed by atoms with van der Waals surface area (Å²) in [6, 6.07) is 5.35. The number of carbonyl (C=O) groups is 1. The molecule has 1 aromatic heterocycles. The SMILES string of the molecule is O=C(Nc1ccc2c(c1)OCCO2)c1cnc(N2CCCCCC2)nc1. The summed E-state index contributed by atoms with van der Waals surface area (Å²) in [4.78, 5) is 23.4. The van der Waals surface area contributed by atoms with Crippen LogP contribution in [0.25, 0.3) is 0 Å². The van der Waals surface area contributed by atoms with E-state index >= 15 is 0 Å². The van der Waals surface area contributed by atoms with E-state index in [0.717, 1.165) is 25.9 Å². The Morgan fingerprint density at radius 1 is 0.962 bits per heavy atom. The number of nitrogens with zero attached hydrogens (tertiary/aromatic N) is 3. The predicted octanol–water partition coefficient (Wildman–Crippen LogP) is 2.88. The van der Waals surface area contributed by atoms with Crippen molar-refractivity contribution >= 4 is 17.5 Å². The third-order valence-electron chi connectivity index (χ3n) is 4.59. The number of hydrogen-bond donors (Lipinski definition) is 1. The van der Waals surface area contributed by atoms with E-state index in [1.165, 1.54) is 12.8 Å². The second kappa shape index (κ2) is 7.59. The molecule has 0 aliphatic carbocycles. The van der Waals surface area contributed by atoms with E-state index in [1.54, 1.807) is 30.6 Å². The summed E-state index contributed by atoms with van der Waals surface area (Å²) in [5, 5.41) is 2.85. The monoisotopic (exact) mass is 354 g/mol. The topological polar surface area (TPSA) is 76.6 Å². The molecule has 0 radical (unpaired) electrons. The first kappa shape index (κ1) is 16.6. The van der Waals surface area contributed by atoms with E-state index in [9.17, 15) is 4.79 Å². The smallest absolute Gasteiger partial charge is 0.258 e. The molecule has 1 amide bonds. The number of rotatable bonds is 3. The van der Waals surface area contributed by atoms with Crippen molar-refractivity contribution in [3.05, 3.63) is 36.2 Å². The fraction of sp³-hybridized carbons (Fsp3) is 0.421. The first-order valence-electron chi connectivity index (χ1n) is 9.07. The van der Waals surface area contributed by atoms with Crippen molar-refractivity contribution in [1.29, 1.82) is 0 Å². The van der Waals surface area contributed by atoms with Crippen LogP contribution in [0.4, 0.5) is 11.6 Å². The molecule has 0 bridgehead atoms. The van der Waals surface area contributed by atoms with Crippen molar-refractivity contribution < 1.29 is 14.3 Å². The van der Waals surface area contributed by atoms with Crippen molar-refractivity contribution in [2.24, 2.45) is 0 Å². The molecule has 0 unspecified atom stereocenters. The standard InChI is InChI=1S/C19H22N4O3/c24-18(22-15-5-6-16-17(11-15)26-10-9-25-16)14-12-20-19(21-13-14)23-7-3-1-2-4-8-23/h5-6,11-13H,1-4,7-10H2,(H,22,24). The highest BCUT2D eigenvalue weighted by molar-refractivity contribution is 6.04. The maximum Gasteiger partial charge on any atom is 0.258 e. The Morgan fingerprint density at radius 3 is 2.38 bits per heavy atom.